The summed E-state index contributed by atoms with van der Waals surface area (Å²) in [5.41, 5.74) is 0.254. The maximum atomic E-state index is 11.0. The zero-order chi connectivity index (χ0) is 11.7. The SMILES string of the molecule is COc1cccc2c(C(=O)O)c(O)cnc12. The predicted molar refractivity (Wildman–Crippen MR) is 56.9 cm³/mol. The van der Waals surface area contributed by atoms with Gasteiger partial charge in [-0.1, -0.05) is 12.1 Å². The van der Waals surface area contributed by atoms with Gasteiger partial charge >= 0.3 is 5.97 Å². The third-order valence-corrected chi connectivity index (χ3v) is 2.27. The number of fused-ring (bicyclic) bond motifs is 1. The molecule has 1 aromatic heterocycles. The third-order valence-electron chi connectivity index (χ3n) is 2.27. The van der Waals surface area contributed by atoms with Gasteiger partial charge in [-0.05, 0) is 6.07 Å². The van der Waals surface area contributed by atoms with E-state index in [-0.39, 0.29) is 11.3 Å². The minimum atomic E-state index is -1.20. The number of para-hydroxylation sites is 1. The Hall–Kier alpha value is -2.30. The number of nitrogens with zero attached hydrogens (tertiary/aromatic N) is 1. The van der Waals surface area contributed by atoms with E-state index in [1.807, 2.05) is 0 Å². The Morgan fingerprint density at radius 2 is 2.19 bits per heavy atom. The lowest BCUT2D eigenvalue weighted by atomic mass is 10.1. The molecule has 0 saturated heterocycles. The summed E-state index contributed by atoms with van der Waals surface area (Å²) in [4.78, 5) is 15.0. The lowest BCUT2D eigenvalue weighted by Gasteiger charge is -2.07. The number of rotatable bonds is 2. The number of hydrogen-bond donors (Lipinski definition) is 2. The van der Waals surface area contributed by atoms with Gasteiger partial charge in [-0.25, -0.2) is 9.78 Å². The summed E-state index contributed by atoms with van der Waals surface area (Å²) in [5, 5.41) is 18.8. The van der Waals surface area contributed by atoms with Gasteiger partial charge in [0.15, 0.2) is 0 Å². The van der Waals surface area contributed by atoms with Crippen molar-refractivity contribution in [1.29, 1.82) is 0 Å². The number of carbonyl (C=O) groups is 1. The molecule has 5 nitrogen and oxygen atoms in total. The van der Waals surface area contributed by atoms with Crippen molar-refractivity contribution in [2.75, 3.05) is 7.11 Å². The Morgan fingerprint density at radius 3 is 2.81 bits per heavy atom. The highest BCUT2D eigenvalue weighted by Gasteiger charge is 2.16. The van der Waals surface area contributed by atoms with Crippen LogP contribution in [-0.2, 0) is 0 Å². The molecule has 0 aliphatic carbocycles. The molecule has 16 heavy (non-hydrogen) atoms. The van der Waals surface area contributed by atoms with Crippen LogP contribution in [0.1, 0.15) is 10.4 Å². The highest BCUT2D eigenvalue weighted by atomic mass is 16.5. The third kappa shape index (κ3) is 1.42. The van der Waals surface area contributed by atoms with Gasteiger partial charge < -0.3 is 14.9 Å². The van der Waals surface area contributed by atoms with E-state index >= 15 is 0 Å². The molecular weight excluding hydrogens is 210 g/mol. The van der Waals surface area contributed by atoms with Crippen LogP contribution in [0.15, 0.2) is 24.4 Å². The molecule has 1 aromatic carbocycles. The Morgan fingerprint density at radius 1 is 1.44 bits per heavy atom. The molecular formula is C11H9NO4. The van der Waals surface area contributed by atoms with Crippen LogP contribution in [0.4, 0.5) is 0 Å². The summed E-state index contributed by atoms with van der Waals surface area (Å²) in [7, 11) is 1.48. The van der Waals surface area contributed by atoms with Crippen LogP contribution >= 0.6 is 0 Å². The van der Waals surface area contributed by atoms with Gasteiger partial charge in [-0.3, -0.25) is 0 Å². The molecule has 0 aliphatic heterocycles. The molecule has 5 heteroatoms. The largest absolute Gasteiger partial charge is 0.505 e. The molecule has 0 spiro atoms. The van der Waals surface area contributed by atoms with Gasteiger partial charge in [0.1, 0.15) is 22.6 Å². The number of aromatic carboxylic acids is 1. The van der Waals surface area contributed by atoms with Crippen LogP contribution in [0.5, 0.6) is 11.5 Å². The first-order chi connectivity index (χ1) is 7.65. The average Bonchev–Trinajstić information content (AvgIpc) is 2.27. The predicted octanol–water partition coefficient (Wildman–Crippen LogP) is 1.65. The fourth-order valence-corrected chi connectivity index (χ4v) is 1.57. The maximum absolute atomic E-state index is 11.0. The van der Waals surface area contributed by atoms with Gasteiger partial charge in [0.25, 0.3) is 0 Å². The van der Waals surface area contributed by atoms with Gasteiger partial charge in [-0.15, -0.1) is 0 Å². The first-order valence-electron chi connectivity index (χ1n) is 4.53. The monoisotopic (exact) mass is 219 g/mol. The lowest BCUT2D eigenvalue weighted by molar-refractivity contribution is 0.0696. The summed E-state index contributed by atoms with van der Waals surface area (Å²) in [6, 6.07) is 4.90. The van der Waals surface area contributed by atoms with E-state index in [4.69, 9.17) is 9.84 Å². The van der Waals surface area contributed by atoms with Crippen molar-refractivity contribution in [2.24, 2.45) is 0 Å². The van der Waals surface area contributed by atoms with Crippen LogP contribution in [0.3, 0.4) is 0 Å². The number of methoxy groups -OCH3 is 1. The number of aromatic nitrogens is 1. The number of carboxylic acids is 1. The van der Waals surface area contributed by atoms with Crippen molar-refractivity contribution in [1.82, 2.24) is 4.98 Å². The van der Waals surface area contributed by atoms with E-state index in [9.17, 15) is 9.90 Å². The fourth-order valence-electron chi connectivity index (χ4n) is 1.57. The second-order valence-electron chi connectivity index (χ2n) is 3.18. The minimum Gasteiger partial charge on any atom is -0.505 e. The molecule has 0 saturated carbocycles. The van der Waals surface area contributed by atoms with Gasteiger partial charge in [-0.2, -0.15) is 0 Å². The molecule has 0 unspecified atom stereocenters. The lowest BCUT2D eigenvalue weighted by Crippen LogP contribution is -2.00. The van der Waals surface area contributed by atoms with Crippen LogP contribution in [0.25, 0.3) is 10.9 Å². The molecule has 2 rings (SSSR count). The zero-order valence-electron chi connectivity index (χ0n) is 8.47. The summed E-state index contributed by atoms with van der Waals surface area (Å²) in [6.45, 7) is 0. The molecule has 82 valence electrons. The van der Waals surface area contributed by atoms with Gasteiger partial charge in [0, 0.05) is 5.39 Å². The number of carboxylic acid groups (broad SMARTS) is 1. The Balaban J connectivity index is 2.89. The highest BCUT2D eigenvalue weighted by molar-refractivity contribution is 6.06. The number of aromatic hydroxyl groups is 1. The molecule has 1 heterocycles. The first kappa shape index (κ1) is 10.2. The van der Waals surface area contributed by atoms with E-state index in [2.05, 4.69) is 4.98 Å². The van der Waals surface area contributed by atoms with Crippen molar-refractivity contribution in [3.8, 4) is 11.5 Å². The zero-order valence-corrected chi connectivity index (χ0v) is 8.47. The van der Waals surface area contributed by atoms with E-state index in [1.54, 1.807) is 18.2 Å². The molecule has 0 atom stereocenters. The topological polar surface area (TPSA) is 79.7 Å². The number of benzene rings is 1. The van der Waals surface area contributed by atoms with Crippen molar-refractivity contribution >= 4 is 16.9 Å². The number of ether oxygens (including phenoxy) is 1. The number of hydrogen-bond acceptors (Lipinski definition) is 4. The molecule has 0 radical (unpaired) electrons. The van der Waals surface area contributed by atoms with Crippen molar-refractivity contribution < 1.29 is 19.7 Å². The van der Waals surface area contributed by atoms with Crippen LogP contribution < -0.4 is 4.74 Å². The second kappa shape index (κ2) is 3.69. The molecule has 0 fully saturated rings. The van der Waals surface area contributed by atoms with Crippen molar-refractivity contribution in [3.05, 3.63) is 30.0 Å². The summed E-state index contributed by atoms with van der Waals surface area (Å²) >= 11 is 0. The second-order valence-corrected chi connectivity index (χ2v) is 3.18. The van der Waals surface area contributed by atoms with E-state index in [1.165, 1.54) is 7.11 Å². The highest BCUT2D eigenvalue weighted by Crippen LogP contribution is 2.30. The minimum absolute atomic E-state index is 0.163. The molecule has 0 amide bonds. The van der Waals surface area contributed by atoms with Crippen molar-refractivity contribution in [3.63, 3.8) is 0 Å². The number of pyridine rings is 1. The molecule has 2 N–H and O–H groups in total. The Kier molecular flexibility index (Phi) is 2.36. The van der Waals surface area contributed by atoms with E-state index in [0.29, 0.717) is 16.7 Å². The Labute approximate surface area is 90.9 Å². The quantitative estimate of drug-likeness (QED) is 0.802. The van der Waals surface area contributed by atoms with Gasteiger partial charge in [0.05, 0.1) is 13.3 Å². The molecule has 0 aliphatic rings. The van der Waals surface area contributed by atoms with Crippen LogP contribution in [-0.4, -0.2) is 28.3 Å². The maximum Gasteiger partial charge on any atom is 0.340 e. The summed E-state index contributed by atoms with van der Waals surface area (Å²) in [5.74, 6) is -1.08. The Bertz CT molecular complexity index is 565. The normalized spacial score (nSPS) is 10.3. The van der Waals surface area contributed by atoms with E-state index in [0.717, 1.165) is 6.20 Å². The summed E-state index contributed by atoms with van der Waals surface area (Å²) < 4.78 is 5.07. The summed E-state index contributed by atoms with van der Waals surface area (Å²) in [6.07, 6.45) is 1.11. The van der Waals surface area contributed by atoms with Gasteiger partial charge in [0.2, 0.25) is 0 Å². The fraction of sp³-hybridized carbons (Fsp3) is 0.0909. The molecule has 0 bridgehead atoms. The van der Waals surface area contributed by atoms with Crippen molar-refractivity contribution in [2.45, 2.75) is 0 Å². The average molecular weight is 219 g/mol. The van der Waals surface area contributed by atoms with Crippen LogP contribution in [0, 0.1) is 0 Å². The standard InChI is InChI=1S/C11H9NO4/c1-16-8-4-2-3-6-9(11(14)15)7(13)5-12-10(6)8/h2-5,13H,1H3,(H,14,15). The van der Waals surface area contributed by atoms with E-state index < -0.39 is 5.97 Å². The smallest absolute Gasteiger partial charge is 0.340 e. The van der Waals surface area contributed by atoms with Crippen LogP contribution in [0.2, 0.25) is 0 Å². The first-order valence-corrected chi connectivity index (χ1v) is 4.53. The molecule has 2 aromatic rings.